The number of hydrogen-bond acceptors (Lipinski definition) is 7. The van der Waals surface area contributed by atoms with Gasteiger partial charge in [-0.15, -0.1) is 11.8 Å². The van der Waals surface area contributed by atoms with Gasteiger partial charge in [0.2, 0.25) is 5.91 Å². The van der Waals surface area contributed by atoms with Crippen molar-refractivity contribution in [1.29, 1.82) is 0 Å². The molecule has 1 aliphatic rings. The molecule has 0 saturated carbocycles. The van der Waals surface area contributed by atoms with E-state index >= 15 is 0 Å². The van der Waals surface area contributed by atoms with Crippen molar-refractivity contribution in [3.05, 3.63) is 77.9 Å². The molecule has 1 unspecified atom stereocenters. The molecule has 11 heteroatoms. The molecule has 4 rings (SSSR count). The van der Waals surface area contributed by atoms with Crippen LogP contribution in [0.2, 0.25) is 0 Å². The molecule has 1 heterocycles. The van der Waals surface area contributed by atoms with Crippen molar-refractivity contribution in [3.63, 3.8) is 0 Å². The van der Waals surface area contributed by atoms with E-state index in [1.165, 1.54) is 30.0 Å². The third kappa shape index (κ3) is 6.06. The standard InChI is InChI=1S/C23H19FN2O6S2/c1-14-22(27)26-20-11-16(8-9-21(20)33-14)23(28)25-17-5-3-6-18(12-17)31-13-15-4-2-7-19(10-15)32-34(24,29)30/h2-12,14H,13H2,1H3,(H,25,28)(H,26,27). The van der Waals surface area contributed by atoms with Crippen molar-refractivity contribution in [3.8, 4) is 11.5 Å². The van der Waals surface area contributed by atoms with E-state index in [0.717, 1.165) is 4.90 Å². The van der Waals surface area contributed by atoms with Crippen molar-refractivity contribution in [1.82, 2.24) is 0 Å². The van der Waals surface area contributed by atoms with Crippen molar-refractivity contribution in [2.45, 2.75) is 23.7 Å². The van der Waals surface area contributed by atoms with Gasteiger partial charge < -0.3 is 19.6 Å². The highest BCUT2D eigenvalue weighted by Crippen LogP contribution is 2.36. The summed E-state index contributed by atoms with van der Waals surface area (Å²) < 4.78 is 43.9. The van der Waals surface area contributed by atoms with Crippen LogP contribution in [0.3, 0.4) is 0 Å². The lowest BCUT2D eigenvalue weighted by Crippen LogP contribution is -2.26. The fourth-order valence-electron chi connectivity index (χ4n) is 3.19. The van der Waals surface area contributed by atoms with E-state index in [1.807, 2.05) is 6.92 Å². The number of fused-ring (bicyclic) bond motifs is 1. The molecular weight excluding hydrogens is 483 g/mol. The van der Waals surface area contributed by atoms with Crippen molar-refractivity contribution < 1.29 is 30.8 Å². The normalized spacial score (nSPS) is 15.1. The van der Waals surface area contributed by atoms with Crippen LogP contribution in [0.5, 0.6) is 11.5 Å². The molecule has 0 radical (unpaired) electrons. The van der Waals surface area contributed by atoms with Crippen LogP contribution in [0.4, 0.5) is 15.3 Å². The molecule has 3 aromatic carbocycles. The van der Waals surface area contributed by atoms with Gasteiger partial charge in [0.05, 0.1) is 10.9 Å². The molecule has 1 aliphatic heterocycles. The lowest BCUT2D eigenvalue weighted by atomic mass is 10.1. The Morgan fingerprint density at radius 3 is 2.65 bits per heavy atom. The summed E-state index contributed by atoms with van der Waals surface area (Å²) in [5.74, 6) is -0.178. The lowest BCUT2D eigenvalue weighted by molar-refractivity contribution is -0.115. The zero-order valence-corrected chi connectivity index (χ0v) is 19.4. The summed E-state index contributed by atoms with van der Waals surface area (Å²) in [5.41, 5.74) is 2.04. The van der Waals surface area contributed by atoms with Gasteiger partial charge in [0.25, 0.3) is 5.91 Å². The van der Waals surface area contributed by atoms with E-state index in [-0.39, 0.29) is 29.4 Å². The molecule has 0 aliphatic carbocycles. The predicted molar refractivity (Wildman–Crippen MR) is 126 cm³/mol. The molecule has 2 amide bonds. The number of nitrogens with one attached hydrogen (secondary N) is 2. The van der Waals surface area contributed by atoms with E-state index in [0.29, 0.717) is 28.3 Å². The first-order valence-electron chi connectivity index (χ1n) is 10.0. The zero-order chi connectivity index (χ0) is 24.3. The molecule has 2 N–H and O–H groups in total. The van der Waals surface area contributed by atoms with Crippen LogP contribution in [0.25, 0.3) is 0 Å². The minimum Gasteiger partial charge on any atom is -0.489 e. The van der Waals surface area contributed by atoms with Crippen LogP contribution >= 0.6 is 11.8 Å². The van der Waals surface area contributed by atoms with Gasteiger partial charge in [0.15, 0.2) is 0 Å². The number of carbonyl (C=O) groups excluding carboxylic acids is 2. The van der Waals surface area contributed by atoms with Crippen LogP contribution in [-0.2, 0) is 21.9 Å². The first-order chi connectivity index (χ1) is 16.2. The average molecular weight is 503 g/mol. The van der Waals surface area contributed by atoms with Gasteiger partial charge in [0.1, 0.15) is 18.1 Å². The average Bonchev–Trinajstić information content (AvgIpc) is 2.77. The lowest BCUT2D eigenvalue weighted by Gasteiger charge is -2.21. The second-order valence-corrected chi connectivity index (χ2v) is 9.69. The van der Waals surface area contributed by atoms with Gasteiger partial charge in [-0.2, -0.15) is 8.42 Å². The van der Waals surface area contributed by atoms with Gasteiger partial charge in [-0.1, -0.05) is 22.1 Å². The highest BCUT2D eigenvalue weighted by molar-refractivity contribution is 8.01. The van der Waals surface area contributed by atoms with Gasteiger partial charge in [-0.05, 0) is 55.0 Å². The third-order valence-corrected chi connectivity index (χ3v) is 6.33. The monoisotopic (exact) mass is 502 g/mol. The molecule has 3 aromatic rings. The summed E-state index contributed by atoms with van der Waals surface area (Å²) >= 11 is 1.44. The van der Waals surface area contributed by atoms with Crippen molar-refractivity contribution in [2.24, 2.45) is 0 Å². The Morgan fingerprint density at radius 1 is 1.09 bits per heavy atom. The first-order valence-corrected chi connectivity index (χ1v) is 12.2. The fourth-order valence-corrected chi connectivity index (χ4v) is 4.45. The molecule has 0 bridgehead atoms. The Hall–Kier alpha value is -3.57. The molecule has 0 saturated heterocycles. The Labute approximate surface area is 199 Å². The number of rotatable bonds is 7. The quantitative estimate of drug-likeness (QED) is 0.456. The third-order valence-electron chi connectivity index (χ3n) is 4.76. The number of halogens is 1. The van der Waals surface area contributed by atoms with Crippen molar-refractivity contribution >= 4 is 45.5 Å². The molecule has 176 valence electrons. The highest BCUT2D eigenvalue weighted by atomic mass is 32.3. The second-order valence-electron chi connectivity index (χ2n) is 7.35. The van der Waals surface area contributed by atoms with Crippen LogP contribution in [0.15, 0.2) is 71.6 Å². The predicted octanol–water partition coefficient (Wildman–Crippen LogP) is 4.54. The Morgan fingerprint density at radius 2 is 1.85 bits per heavy atom. The van der Waals surface area contributed by atoms with Gasteiger partial charge in [-0.3, -0.25) is 9.59 Å². The maximum Gasteiger partial charge on any atom is 0.488 e. The molecular formula is C23H19FN2O6S2. The zero-order valence-electron chi connectivity index (χ0n) is 17.8. The molecule has 0 fully saturated rings. The fraction of sp³-hybridized carbons (Fsp3) is 0.130. The van der Waals surface area contributed by atoms with Crippen LogP contribution in [0.1, 0.15) is 22.8 Å². The summed E-state index contributed by atoms with van der Waals surface area (Å²) in [6, 6.07) is 17.7. The topological polar surface area (TPSA) is 111 Å². The number of thioether (sulfide) groups is 1. The summed E-state index contributed by atoms with van der Waals surface area (Å²) in [6.45, 7) is 1.87. The summed E-state index contributed by atoms with van der Waals surface area (Å²) in [4.78, 5) is 25.5. The summed E-state index contributed by atoms with van der Waals surface area (Å²) in [5, 5.41) is 5.40. The largest absolute Gasteiger partial charge is 0.489 e. The molecule has 0 aromatic heterocycles. The van der Waals surface area contributed by atoms with Gasteiger partial charge >= 0.3 is 10.5 Å². The van der Waals surface area contributed by atoms with E-state index in [2.05, 4.69) is 14.8 Å². The van der Waals surface area contributed by atoms with E-state index in [4.69, 9.17) is 4.74 Å². The van der Waals surface area contributed by atoms with Crippen molar-refractivity contribution in [2.75, 3.05) is 10.6 Å². The second kappa shape index (κ2) is 9.74. The van der Waals surface area contributed by atoms with Crippen LogP contribution < -0.4 is 19.6 Å². The number of ether oxygens (including phenoxy) is 1. The minimum atomic E-state index is -5.11. The molecule has 0 spiro atoms. The first kappa shape index (κ1) is 23.6. The molecule has 34 heavy (non-hydrogen) atoms. The Kier molecular flexibility index (Phi) is 6.75. The number of benzene rings is 3. The number of hydrogen-bond donors (Lipinski definition) is 2. The Balaban J connectivity index is 1.40. The maximum absolute atomic E-state index is 12.7. The number of anilines is 2. The summed E-state index contributed by atoms with van der Waals surface area (Å²) in [7, 11) is -5.11. The van der Waals surface area contributed by atoms with Crippen LogP contribution in [-0.4, -0.2) is 25.5 Å². The van der Waals surface area contributed by atoms with E-state index < -0.39 is 10.5 Å². The smallest absolute Gasteiger partial charge is 0.488 e. The SMILES string of the molecule is CC1Sc2ccc(C(=O)Nc3cccc(OCc4cccc(OS(=O)(=O)F)c4)c3)cc2NC1=O. The van der Waals surface area contributed by atoms with Gasteiger partial charge in [-0.25, -0.2) is 0 Å². The van der Waals surface area contributed by atoms with E-state index in [9.17, 15) is 21.9 Å². The highest BCUT2D eigenvalue weighted by Gasteiger charge is 2.23. The van der Waals surface area contributed by atoms with Crippen LogP contribution in [0, 0.1) is 0 Å². The summed E-state index contributed by atoms with van der Waals surface area (Å²) in [6.07, 6.45) is 0. The van der Waals surface area contributed by atoms with Gasteiger partial charge in [0, 0.05) is 22.2 Å². The maximum atomic E-state index is 12.7. The Bertz CT molecular complexity index is 1360. The number of carbonyl (C=O) groups is 2. The van der Waals surface area contributed by atoms with E-state index in [1.54, 1.807) is 48.5 Å². The molecule has 1 atom stereocenters. The molecule has 8 nitrogen and oxygen atoms in total. The minimum absolute atomic E-state index is 0.0571. The number of amides is 2.